The second kappa shape index (κ2) is 10.3. The topological polar surface area (TPSA) is 30.5 Å². The van der Waals surface area contributed by atoms with Gasteiger partial charge in [-0.25, -0.2) is 4.39 Å². The quantitative estimate of drug-likeness (QED) is 0.641. The van der Waals surface area contributed by atoms with Crippen LogP contribution < -0.4 is 5.32 Å². The minimum atomic E-state index is -0.332. The lowest BCUT2D eigenvalue weighted by Crippen LogP contribution is -2.45. The van der Waals surface area contributed by atoms with Gasteiger partial charge in [-0.1, -0.05) is 19.1 Å². The molecule has 0 heterocycles. The molecule has 0 aliphatic carbocycles. The summed E-state index contributed by atoms with van der Waals surface area (Å²) in [6.45, 7) is 8.04. The first kappa shape index (κ1) is 18.6. The Bertz CT molecular complexity index is 411. The highest BCUT2D eigenvalue weighted by Crippen LogP contribution is 2.23. The van der Waals surface area contributed by atoms with Crippen molar-refractivity contribution < 1.29 is 13.9 Å². The van der Waals surface area contributed by atoms with Gasteiger partial charge in [0, 0.05) is 13.2 Å². The summed E-state index contributed by atoms with van der Waals surface area (Å²) < 4.78 is 25.5. The Balaban J connectivity index is 2.87. The summed E-state index contributed by atoms with van der Waals surface area (Å²) >= 11 is 3.32. The summed E-state index contributed by atoms with van der Waals surface area (Å²) in [5.74, 6) is -0.244. The molecule has 1 aromatic carbocycles. The molecule has 1 rings (SSSR count). The van der Waals surface area contributed by atoms with Gasteiger partial charge in [0.1, 0.15) is 5.82 Å². The molecule has 120 valence electrons. The normalized spacial score (nSPS) is 12.9. The van der Waals surface area contributed by atoms with Gasteiger partial charge in [-0.2, -0.15) is 0 Å². The van der Waals surface area contributed by atoms with Crippen LogP contribution in [0.25, 0.3) is 0 Å². The first-order valence-electron chi connectivity index (χ1n) is 7.53. The number of benzene rings is 1. The first-order valence-corrected chi connectivity index (χ1v) is 8.32. The molecule has 3 nitrogen and oxygen atoms in total. The van der Waals surface area contributed by atoms with E-state index in [9.17, 15) is 4.39 Å². The van der Waals surface area contributed by atoms with Crippen molar-refractivity contribution in [3.8, 4) is 0 Å². The number of hydrogen-bond donors (Lipinski definition) is 1. The zero-order valence-corrected chi connectivity index (χ0v) is 14.6. The summed E-state index contributed by atoms with van der Waals surface area (Å²) in [7, 11) is 0. The number of halogens is 2. The van der Waals surface area contributed by atoms with Crippen molar-refractivity contribution in [2.45, 2.75) is 45.9 Å². The fraction of sp³-hybridized carbons (Fsp3) is 0.625. The molecule has 0 aliphatic rings. The van der Waals surface area contributed by atoms with Crippen molar-refractivity contribution in [1.29, 1.82) is 0 Å². The van der Waals surface area contributed by atoms with Crippen LogP contribution in [0.3, 0.4) is 0 Å². The minimum absolute atomic E-state index is 0.0112. The third-order valence-electron chi connectivity index (χ3n) is 3.12. The zero-order valence-electron chi connectivity index (χ0n) is 13.0. The molecular formula is C16H25BrFNO2. The van der Waals surface area contributed by atoms with Gasteiger partial charge in [-0.05, 0) is 60.8 Å². The van der Waals surface area contributed by atoms with Crippen molar-refractivity contribution in [2.24, 2.45) is 0 Å². The molecule has 1 aromatic rings. The third kappa shape index (κ3) is 6.02. The molecular weight excluding hydrogens is 337 g/mol. The molecule has 0 spiro atoms. The van der Waals surface area contributed by atoms with E-state index >= 15 is 0 Å². The molecule has 1 unspecified atom stereocenters. The maximum Gasteiger partial charge on any atom is 0.172 e. The van der Waals surface area contributed by atoms with E-state index in [0.29, 0.717) is 24.1 Å². The zero-order chi connectivity index (χ0) is 15.7. The lowest BCUT2D eigenvalue weighted by atomic mass is 10.0. The Kier molecular flexibility index (Phi) is 9.08. The van der Waals surface area contributed by atoms with E-state index in [-0.39, 0.29) is 18.1 Å². The Morgan fingerprint density at radius 1 is 1.19 bits per heavy atom. The largest absolute Gasteiger partial charge is 0.351 e. The Morgan fingerprint density at radius 2 is 1.86 bits per heavy atom. The van der Waals surface area contributed by atoms with Gasteiger partial charge in [0.2, 0.25) is 0 Å². The maximum atomic E-state index is 13.6. The number of hydrogen-bond acceptors (Lipinski definition) is 3. The van der Waals surface area contributed by atoms with E-state index < -0.39 is 0 Å². The van der Waals surface area contributed by atoms with Crippen LogP contribution in [-0.4, -0.2) is 32.1 Å². The van der Waals surface area contributed by atoms with Crippen LogP contribution in [0.2, 0.25) is 0 Å². The molecule has 0 radical (unpaired) electrons. The predicted molar refractivity (Wildman–Crippen MR) is 86.9 cm³/mol. The van der Waals surface area contributed by atoms with Crippen LogP contribution in [0, 0.1) is 5.82 Å². The van der Waals surface area contributed by atoms with E-state index in [1.54, 1.807) is 6.07 Å². The first-order chi connectivity index (χ1) is 10.1. The molecule has 0 saturated heterocycles. The third-order valence-corrected chi connectivity index (χ3v) is 4.01. The Labute approximate surface area is 135 Å². The van der Waals surface area contributed by atoms with Gasteiger partial charge in [0.25, 0.3) is 0 Å². The Morgan fingerprint density at radius 3 is 2.43 bits per heavy atom. The fourth-order valence-corrected chi connectivity index (χ4v) is 2.57. The number of ether oxygens (including phenoxy) is 2. The van der Waals surface area contributed by atoms with Crippen LogP contribution in [0.15, 0.2) is 22.7 Å². The smallest absolute Gasteiger partial charge is 0.172 e. The van der Waals surface area contributed by atoms with Crippen molar-refractivity contribution in [3.05, 3.63) is 34.1 Å². The van der Waals surface area contributed by atoms with E-state index in [2.05, 4.69) is 28.2 Å². The highest BCUT2D eigenvalue weighted by molar-refractivity contribution is 9.10. The van der Waals surface area contributed by atoms with Crippen molar-refractivity contribution >= 4 is 15.9 Å². The second-order valence-corrected chi connectivity index (χ2v) is 5.55. The predicted octanol–water partition coefficient (Wildman–Crippen LogP) is 3.90. The molecule has 0 amide bonds. The average Bonchev–Trinajstić information content (AvgIpc) is 2.47. The second-order valence-electron chi connectivity index (χ2n) is 4.76. The van der Waals surface area contributed by atoms with E-state index in [1.807, 2.05) is 19.9 Å². The van der Waals surface area contributed by atoms with Gasteiger partial charge in [-0.3, -0.25) is 0 Å². The molecule has 0 aliphatic heterocycles. The maximum absolute atomic E-state index is 13.6. The van der Waals surface area contributed by atoms with Gasteiger partial charge in [-0.15, -0.1) is 0 Å². The van der Waals surface area contributed by atoms with E-state index in [0.717, 1.165) is 18.5 Å². The standard InChI is InChI=1S/C16H25BrFNO2/c1-4-10-19-14(16(20-5-2)21-6-3)11-12-8-7-9-13(18)15(12)17/h7-9,14,16,19H,4-6,10-11H2,1-3H3. The number of nitrogens with one attached hydrogen (secondary N) is 1. The van der Waals surface area contributed by atoms with E-state index in [1.165, 1.54) is 6.07 Å². The molecule has 21 heavy (non-hydrogen) atoms. The van der Waals surface area contributed by atoms with Crippen LogP contribution in [0.1, 0.15) is 32.8 Å². The molecule has 1 atom stereocenters. The Hall–Kier alpha value is -0.490. The minimum Gasteiger partial charge on any atom is -0.351 e. The molecule has 0 fully saturated rings. The summed E-state index contributed by atoms with van der Waals surface area (Å²) in [4.78, 5) is 0. The highest BCUT2D eigenvalue weighted by atomic mass is 79.9. The van der Waals surface area contributed by atoms with Crippen LogP contribution in [0.4, 0.5) is 4.39 Å². The molecule has 1 N–H and O–H groups in total. The summed E-state index contributed by atoms with van der Waals surface area (Å²) in [6.07, 6.45) is 1.33. The molecule has 0 saturated carbocycles. The SMILES string of the molecule is CCCNC(Cc1cccc(F)c1Br)C(OCC)OCC. The van der Waals surface area contributed by atoms with Crippen molar-refractivity contribution in [2.75, 3.05) is 19.8 Å². The number of rotatable bonds is 10. The van der Waals surface area contributed by atoms with Crippen molar-refractivity contribution in [3.63, 3.8) is 0 Å². The summed E-state index contributed by atoms with van der Waals surface area (Å²) in [5.41, 5.74) is 0.910. The summed E-state index contributed by atoms with van der Waals surface area (Å²) in [6, 6.07) is 5.08. The van der Waals surface area contributed by atoms with Gasteiger partial charge >= 0.3 is 0 Å². The molecule has 5 heteroatoms. The lowest BCUT2D eigenvalue weighted by Gasteiger charge is -2.28. The van der Waals surface area contributed by atoms with E-state index in [4.69, 9.17) is 9.47 Å². The van der Waals surface area contributed by atoms with Gasteiger partial charge in [0.15, 0.2) is 6.29 Å². The van der Waals surface area contributed by atoms with Crippen molar-refractivity contribution in [1.82, 2.24) is 5.32 Å². The average molecular weight is 362 g/mol. The van der Waals surface area contributed by atoms with Gasteiger partial charge in [0.05, 0.1) is 10.5 Å². The monoisotopic (exact) mass is 361 g/mol. The molecule has 0 bridgehead atoms. The van der Waals surface area contributed by atoms with Crippen LogP contribution in [0.5, 0.6) is 0 Å². The van der Waals surface area contributed by atoms with Crippen LogP contribution in [-0.2, 0) is 15.9 Å². The molecule has 0 aromatic heterocycles. The summed E-state index contributed by atoms with van der Waals surface area (Å²) in [5, 5.41) is 3.44. The fourth-order valence-electron chi connectivity index (χ4n) is 2.15. The van der Waals surface area contributed by atoms with Crippen LogP contribution >= 0.6 is 15.9 Å². The highest BCUT2D eigenvalue weighted by Gasteiger charge is 2.23. The van der Waals surface area contributed by atoms with Gasteiger partial charge < -0.3 is 14.8 Å². The lowest BCUT2D eigenvalue weighted by molar-refractivity contribution is -0.153.